The molecule has 1 aromatic heterocycles. The van der Waals surface area contributed by atoms with Gasteiger partial charge in [0.2, 0.25) is 0 Å². The molecule has 2 aromatic rings. The lowest BCUT2D eigenvalue weighted by atomic mass is 10.1. The summed E-state index contributed by atoms with van der Waals surface area (Å²) in [6.07, 6.45) is 7.30. The van der Waals surface area contributed by atoms with Gasteiger partial charge in [0.1, 0.15) is 0 Å². The highest BCUT2D eigenvalue weighted by molar-refractivity contribution is 6.34. The Bertz CT molecular complexity index is 548. The first-order valence-corrected chi connectivity index (χ1v) is 6.84. The number of halogens is 1. The smallest absolute Gasteiger partial charge is 0.254 e. The van der Waals surface area contributed by atoms with Crippen molar-refractivity contribution in [3.8, 4) is 0 Å². The van der Waals surface area contributed by atoms with Gasteiger partial charge >= 0.3 is 0 Å². The second-order valence-corrected chi connectivity index (χ2v) is 4.87. The van der Waals surface area contributed by atoms with Gasteiger partial charge in [-0.05, 0) is 25.0 Å². The number of carbonyl (C=O) groups is 1. The number of anilines is 1. The maximum absolute atomic E-state index is 12.0. The summed E-state index contributed by atoms with van der Waals surface area (Å²) in [6, 6.07) is 5.05. The van der Waals surface area contributed by atoms with Crippen molar-refractivity contribution in [2.24, 2.45) is 0 Å². The number of aryl methyl sites for hydroxylation is 1. The van der Waals surface area contributed by atoms with Gasteiger partial charge in [-0.15, -0.1) is 0 Å². The Morgan fingerprint density at radius 1 is 1.40 bits per heavy atom. The number of carbonyl (C=O) groups excluding carboxylic acids is 1. The summed E-state index contributed by atoms with van der Waals surface area (Å²) < 4.78 is 2.01. The Morgan fingerprint density at radius 2 is 2.25 bits per heavy atom. The van der Waals surface area contributed by atoms with Gasteiger partial charge in [-0.25, -0.2) is 4.98 Å². The Hall–Kier alpha value is -2.01. The number of amides is 1. The van der Waals surface area contributed by atoms with Crippen molar-refractivity contribution < 1.29 is 4.79 Å². The number of nitrogen functional groups attached to an aromatic ring is 1. The van der Waals surface area contributed by atoms with Gasteiger partial charge in [-0.3, -0.25) is 4.79 Å². The third-order valence-corrected chi connectivity index (χ3v) is 3.28. The summed E-state index contributed by atoms with van der Waals surface area (Å²) in [7, 11) is 0. The molecule has 5 nitrogen and oxygen atoms in total. The maximum atomic E-state index is 12.0. The molecule has 0 unspecified atom stereocenters. The minimum atomic E-state index is -0.226. The van der Waals surface area contributed by atoms with E-state index in [0.29, 0.717) is 22.8 Å². The average Bonchev–Trinajstić information content (AvgIpc) is 2.91. The molecule has 0 fully saturated rings. The van der Waals surface area contributed by atoms with Crippen LogP contribution in [0.3, 0.4) is 0 Å². The fraction of sp³-hybridized carbons (Fsp3) is 0.286. The first kappa shape index (κ1) is 14.4. The average molecular weight is 293 g/mol. The molecule has 0 spiro atoms. The van der Waals surface area contributed by atoms with E-state index in [1.165, 1.54) is 0 Å². The molecule has 1 aromatic carbocycles. The molecule has 0 bridgehead atoms. The lowest BCUT2D eigenvalue weighted by Crippen LogP contribution is -2.25. The summed E-state index contributed by atoms with van der Waals surface area (Å²) in [5, 5.41) is 3.21. The van der Waals surface area contributed by atoms with Crippen LogP contribution in [0.4, 0.5) is 5.69 Å². The van der Waals surface area contributed by atoms with Gasteiger partial charge in [0.05, 0.1) is 16.9 Å². The van der Waals surface area contributed by atoms with E-state index in [2.05, 4.69) is 10.3 Å². The lowest BCUT2D eigenvalue weighted by molar-refractivity contribution is 0.0954. The summed E-state index contributed by atoms with van der Waals surface area (Å²) in [5.74, 6) is -0.226. The Labute approximate surface area is 122 Å². The number of unbranched alkanes of at least 4 members (excludes halogenated alkanes) is 1. The third-order valence-electron chi connectivity index (χ3n) is 2.96. The van der Waals surface area contributed by atoms with Gasteiger partial charge in [0.25, 0.3) is 5.91 Å². The fourth-order valence-corrected chi connectivity index (χ4v) is 2.18. The van der Waals surface area contributed by atoms with Crippen LogP contribution in [0.5, 0.6) is 0 Å². The van der Waals surface area contributed by atoms with E-state index in [1.807, 2.05) is 10.8 Å². The molecule has 0 radical (unpaired) electrons. The number of hydrogen-bond donors (Lipinski definition) is 2. The number of nitrogens with two attached hydrogens (primary N) is 1. The first-order chi connectivity index (χ1) is 9.68. The van der Waals surface area contributed by atoms with E-state index in [4.69, 9.17) is 17.3 Å². The molecule has 0 saturated carbocycles. The molecule has 0 aliphatic carbocycles. The normalized spacial score (nSPS) is 10.4. The van der Waals surface area contributed by atoms with Crippen LogP contribution in [0, 0.1) is 0 Å². The quantitative estimate of drug-likeness (QED) is 0.634. The molecule has 106 valence electrons. The van der Waals surface area contributed by atoms with Crippen LogP contribution in [0.1, 0.15) is 23.2 Å². The van der Waals surface area contributed by atoms with Crippen molar-refractivity contribution >= 4 is 23.2 Å². The molecule has 20 heavy (non-hydrogen) atoms. The predicted molar refractivity (Wildman–Crippen MR) is 79.7 cm³/mol. The van der Waals surface area contributed by atoms with Crippen LogP contribution in [0.2, 0.25) is 5.02 Å². The number of benzene rings is 1. The third kappa shape index (κ3) is 3.74. The van der Waals surface area contributed by atoms with Crippen LogP contribution in [0.15, 0.2) is 36.9 Å². The highest BCUT2D eigenvalue weighted by atomic mass is 35.5. The second kappa shape index (κ2) is 6.96. The summed E-state index contributed by atoms with van der Waals surface area (Å²) in [6.45, 7) is 1.49. The zero-order valence-electron chi connectivity index (χ0n) is 11.1. The van der Waals surface area contributed by atoms with E-state index in [-0.39, 0.29) is 5.91 Å². The molecule has 6 heteroatoms. The van der Waals surface area contributed by atoms with Crippen molar-refractivity contribution in [1.82, 2.24) is 14.9 Å². The Morgan fingerprint density at radius 3 is 2.95 bits per heavy atom. The van der Waals surface area contributed by atoms with Crippen molar-refractivity contribution in [3.05, 3.63) is 47.5 Å². The number of hydrogen-bond acceptors (Lipinski definition) is 3. The monoisotopic (exact) mass is 292 g/mol. The molecular formula is C14H17ClN4O. The van der Waals surface area contributed by atoms with Crippen molar-refractivity contribution in [1.29, 1.82) is 0 Å². The number of nitrogens with zero attached hydrogens (tertiary/aromatic N) is 2. The van der Waals surface area contributed by atoms with Crippen LogP contribution in [0.25, 0.3) is 0 Å². The number of imidazole rings is 1. The van der Waals surface area contributed by atoms with Gasteiger partial charge < -0.3 is 15.6 Å². The minimum absolute atomic E-state index is 0.226. The highest BCUT2D eigenvalue weighted by Gasteiger charge is 2.12. The lowest BCUT2D eigenvalue weighted by Gasteiger charge is -2.09. The van der Waals surface area contributed by atoms with Crippen LogP contribution in [-0.4, -0.2) is 22.0 Å². The summed E-state index contributed by atoms with van der Waals surface area (Å²) in [4.78, 5) is 16.0. The Kier molecular flexibility index (Phi) is 5.01. The standard InChI is InChI=1S/C14H17ClN4O/c15-11-4-3-5-12(16)13(11)14(20)18-6-1-2-8-19-9-7-17-10-19/h3-5,7,9-10H,1-2,6,8,16H2,(H,18,20). The summed E-state index contributed by atoms with van der Waals surface area (Å²) >= 11 is 5.98. The van der Waals surface area contributed by atoms with Crippen molar-refractivity contribution in [2.45, 2.75) is 19.4 Å². The molecule has 0 atom stereocenters. The van der Waals surface area contributed by atoms with Crippen molar-refractivity contribution in [2.75, 3.05) is 12.3 Å². The van der Waals surface area contributed by atoms with Gasteiger partial charge in [-0.1, -0.05) is 17.7 Å². The van der Waals surface area contributed by atoms with Crippen LogP contribution >= 0.6 is 11.6 Å². The van der Waals surface area contributed by atoms with Crippen LogP contribution in [-0.2, 0) is 6.54 Å². The van der Waals surface area contributed by atoms with Gasteiger partial charge in [0, 0.05) is 31.2 Å². The molecule has 1 amide bonds. The molecule has 0 aliphatic rings. The number of nitrogens with one attached hydrogen (secondary N) is 1. The van der Waals surface area contributed by atoms with Gasteiger partial charge in [-0.2, -0.15) is 0 Å². The predicted octanol–water partition coefficient (Wildman–Crippen LogP) is 2.33. The zero-order valence-corrected chi connectivity index (χ0v) is 11.8. The highest BCUT2D eigenvalue weighted by Crippen LogP contribution is 2.21. The molecule has 1 heterocycles. The van der Waals surface area contributed by atoms with E-state index in [9.17, 15) is 4.79 Å². The van der Waals surface area contributed by atoms with E-state index in [0.717, 1.165) is 19.4 Å². The van der Waals surface area contributed by atoms with Crippen LogP contribution < -0.4 is 11.1 Å². The molecule has 0 aliphatic heterocycles. The van der Waals surface area contributed by atoms with Crippen molar-refractivity contribution in [3.63, 3.8) is 0 Å². The summed E-state index contributed by atoms with van der Waals surface area (Å²) in [5.41, 5.74) is 6.51. The van der Waals surface area contributed by atoms with E-state index in [1.54, 1.807) is 30.7 Å². The maximum Gasteiger partial charge on any atom is 0.254 e. The molecule has 2 rings (SSSR count). The minimum Gasteiger partial charge on any atom is -0.398 e. The zero-order chi connectivity index (χ0) is 14.4. The topological polar surface area (TPSA) is 72.9 Å². The number of rotatable bonds is 6. The first-order valence-electron chi connectivity index (χ1n) is 6.46. The molecule has 0 saturated heterocycles. The van der Waals surface area contributed by atoms with E-state index >= 15 is 0 Å². The Balaban J connectivity index is 1.75. The molecule has 3 N–H and O–H groups in total. The number of aromatic nitrogens is 2. The van der Waals surface area contributed by atoms with E-state index < -0.39 is 0 Å². The fourth-order valence-electron chi connectivity index (χ4n) is 1.91. The largest absolute Gasteiger partial charge is 0.398 e. The molecular weight excluding hydrogens is 276 g/mol. The SMILES string of the molecule is Nc1cccc(Cl)c1C(=O)NCCCCn1ccnc1. The van der Waals surface area contributed by atoms with Gasteiger partial charge in [0.15, 0.2) is 0 Å². The second-order valence-electron chi connectivity index (χ2n) is 4.47.